The predicted octanol–water partition coefficient (Wildman–Crippen LogP) is 5.52. The minimum Gasteiger partial charge on any atom is -0.490 e. The van der Waals surface area contributed by atoms with Crippen LogP contribution in [0.2, 0.25) is 0 Å². The smallest absolute Gasteiger partial charge is 0.257 e. The van der Waals surface area contributed by atoms with E-state index in [9.17, 15) is 4.79 Å². The van der Waals surface area contributed by atoms with Crippen molar-refractivity contribution in [1.82, 2.24) is 5.32 Å². The molecule has 2 aromatic carbocycles. The second kappa shape index (κ2) is 12.2. The van der Waals surface area contributed by atoms with E-state index in [-0.39, 0.29) is 11.0 Å². The SMILES string of the molecule is CCOc1cc(C(=O)NC(=S)Nc2ccccc2[C@@H](C)CC)cc(OCC)c1OCC. The molecule has 0 aromatic heterocycles. The molecule has 0 fully saturated rings. The molecule has 0 bridgehead atoms. The number of benzene rings is 2. The third-order valence-corrected chi connectivity index (χ3v) is 4.95. The summed E-state index contributed by atoms with van der Waals surface area (Å²) in [5.41, 5.74) is 2.41. The van der Waals surface area contributed by atoms with Gasteiger partial charge in [-0.05, 0) is 69.1 Å². The largest absolute Gasteiger partial charge is 0.490 e. The number of amides is 1. The molecular formula is C24H32N2O4S. The Labute approximate surface area is 190 Å². The number of para-hydroxylation sites is 1. The quantitative estimate of drug-likeness (QED) is 0.470. The number of hydrogen-bond donors (Lipinski definition) is 2. The molecule has 0 spiro atoms. The summed E-state index contributed by atoms with van der Waals surface area (Å²) in [6.07, 6.45) is 1.00. The molecule has 2 aromatic rings. The minimum atomic E-state index is -0.358. The molecule has 2 N–H and O–H groups in total. The lowest BCUT2D eigenvalue weighted by atomic mass is 9.97. The molecule has 0 heterocycles. The van der Waals surface area contributed by atoms with E-state index in [0.717, 1.165) is 17.7 Å². The van der Waals surface area contributed by atoms with Crippen molar-refractivity contribution in [3.05, 3.63) is 47.5 Å². The number of carbonyl (C=O) groups is 1. The van der Waals surface area contributed by atoms with Gasteiger partial charge in [-0.2, -0.15) is 0 Å². The fraction of sp³-hybridized carbons (Fsp3) is 0.417. The highest BCUT2D eigenvalue weighted by molar-refractivity contribution is 7.80. The lowest BCUT2D eigenvalue weighted by Gasteiger charge is -2.18. The van der Waals surface area contributed by atoms with Crippen molar-refractivity contribution >= 4 is 28.9 Å². The standard InChI is InChI=1S/C24H32N2O4S/c1-6-16(5)18-12-10-11-13-19(18)25-24(31)26-23(27)17-14-20(28-7-2)22(30-9-4)21(15-17)29-8-3/h10-16H,6-9H2,1-5H3,(H2,25,26,27,31)/t16-/m0/s1. The Balaban J connectivity index is 2.24. The van der Waals surface area contributed by atoms with Gasteiger partial charge in [0.1, 0.15) is 0 Å². The van der Waals surface area contributed by atoms with Gasteiger partial charge in [-0.3, -0.25) is 10.1 Å². The van der Waals surface area contributed by atoms with E-state index in [1.54, 1.807) is 12.1 Å². The second-order valence-corrected chi connectivity index (χ2v) is 7.31. The maximum Gasteiger partial charge on any atom is 0.257 e. The van der Waals surface area contributed by atoms with Crippen molar-refractivity contribution < 1.29 is 19.0 Å². The summed E-state index contributed by atoms with van der Waals surface area (Å²) in [5, 5.41) is 6.13. The van der Waals surface area contributed by atoms with Gasteiger partial charge in [0, 0.05) is 11.3 Å². The van der Waals surface area contributed by atoms with Crippen LogP contribution in [0.3, 0.4) is 0 Å². The van der Waals surface area contributed by atoms with Crippen LogP contribution in [0.15, 0.2) is 36.4 Å². The average molecular weight is 445 g/mol. The first kappa shape index (κ1) is 24.5. The second-order valence-electron chi connectivity index (χ2n) is 6.91. The lowest BCUT2D eigenvalue weighted by molar-refractivity contribution is 0.0976. The van der Waals surface area contributed by atoms with Gasteiger partial charge in [0.2, 0.25) is 5.75 Å². The maximum atomic E-state index is 12.9. The Morgan fingerprint density at radius 3 is 2.10 bits per heavy atom. The molecule has 0 aliphatic heterocycles. The highest BCUT2D eigenvalue weighted by Crippen LogP contribution is 2.39. The first-order chi connectivity index (χ1) is 14.9. The van der Waals surface area contributed by atoms with Crippen molar-refractivity contribution in [2.24, 2.45) is 0 Å². The maximum absolute atomic E-state index is 12.9. The van der Waals surface area contributed by atoms with Gasteiger partial charge in [-0.15, -0.1) is 0 Å². The van der Waals surface area contributed by atoms with E-state index in [1.807, 2.05) is 39.0 Å². The van der Waals surface area contributed by atoms with Gasteiger partial charge in [0.15, 0.2) is 16.6 Å². The summed E-state index contributed by atoms with van der Waals surface area (Å²) in [6.45, 7) is 11.2. The van der Waals surface area contributed by atoms with Crippen LogP contribution < -0.4 is 24.8 Å². The number of hydrogen-bond acceptors (Lipinski definition) is 5. The predicted molar refractivity (Wildman–Crippen MR) is 129 cm³/mol. The number of anilines is 1. The first-order valence-corrected chi connectivity index (χ1v) is 11.1. The summed E-state index contributed by atoms with van der Waals surface area (Å²) in [5.74, 6) is 1.42. The van der Waals surface area contributed by atoms with E-state index in [2.05, 4.69) is 30.5 Å². The molecule has 0 aliphatic rings. The lowest BCUT2D eigenvalue weighted by Crippen LogP contribution is -2.34. The minimum absolute atomic E-state index is 0.227. The van der Waals surface area contributed by atoms with E-state index in [0.29, 0.717) is 48.6 Å². The molecule has 1 atom stereocenters. The molecule has 0 radical (unpaired) electrons. The average Bonchev–Trinajstić information content (AvgIpc) is 2.75. The third-order valence-electron chi connectivity index (χ3n) is 4.75. The monoisotopic (exact) mass is 444 g/mol. The summed E-state index contributed by atoms with van der Waals surface area (Å²) in [7, 11) is 0. The van der Waals surface area contributed by atoms with Gasteiger partial charge < -0.3 is 19.5 Å². The summed E-state index contributed by atoms with van der Waals surface area (Å²) >= 11 is 5.40. The van der Waals surface area contributed by atoms with Gasteiger partial charge in [0.05, 0.1) is 19.8 Å². The molecule has 0 saturated heterocycles. The van der Waals surface area contributed by atoms with Crippen LogP contribution in [0.1, 0.15) is 62.9 Å². The van der Waals surface area contributed by atoms with Crippen molar-refractivity contribution in [3.63, 3.8) is 0 Å². The molecule has 2 rings (SSSR count). The Hall–Kier alpha value is -2.80. The molecule has 0 aliphatic carbocycles. The molecule has 0 unspecified atom stereocenters. The van der Waals surface area contributed by atoms with E-state index in [1.165, 1.54) is 0 Å². The Kier molecular flexibility index (Phi) is 9.59. The normalized spacial score (nSPS) is 11.4. The van der Waals surface area contributed by atoms with Crippen LogP contribution in [0, 0.1) is 0 Å². The van der Waals surface area contributed by atoms with Gasteiger partial charge >= 0.3 is 0 Å². The molecule has 6 nitrogen and oxygen atoms in total. The number of carbonyl (C=O) groups excluding carboxylic acids is 1. The fourth-order valence-electron chi connectivity index (χ4n) is 3.11. The first-order valence-electron chi connectivity index (χ1n) is 10.7. The van der Waals surface area contributed by atoms with Crippen molar-refractivity contribution in [2.75, 3.05) is 25.1 Å². The van der Waals surface area contributed by atoms with Crippen molar-refractivity contribution in [3.8, 4) is 17.2 Å². The summed E-state index contributed by atoms with van der Waals surface area (Å²) in [4.78, 5) is 12.9. The van der Waals surface area contributed by atoms with Crippen LogP contribution in [-0.4, -0.2) is 30.8 Å². The summed E-state index contributed by atoms with van der Waals surface area (Å²) in [6, 6.07) is 11.2. The number of nitrogens with one attached hydrogen (secondary N) is 2. The fourth-order valence-corrected chi connectivity index (χ4v) is 3.31. The molecule has 1 amide bonds. The van der Waals surface area contributed by atoms with Crippen LogP contribution in [0.25, 0.3) is 0 Å². The Morgan fingerprint density at radius 2 is 1.55 bits per heavy atom. The topological polar surface area (TPSA) is 68.8 Å². The number of rotatable bonds is 10. The number of thiocarbonyl (C=S) groups is 1. The zero-order chi connectivity index (χ0) is 22.8. The molecular weight excluding hydrogens is 412 g/mol. The highest BCUT2D eigenvalue weighted by atomic mass is 32.1. The van der Waals surface area contributed by atoms with Crippen LogP contribution in [-0.2, 0) is 0 Å². The van der Waals surface area contributed by atoms with E-state index < -0.39 is 0 Å². The van der Waals surface area contributed by atoms with Crippen LogP contribution in [0.5, 0.6) is 17.2 Å². The highest BCUT2D eigenvalue weighted by Gasteiger charge is 2.19. The van der Waals surface area contributed by atoms with Crippen LogP contribution in [0.4, 0.5) is 5.69 Å². The zero-order valence-corrected chi connectivity index (χ0v) is 19.7. The molecule has 31 heavy (non-hydrogen) atoms. The van der Waals surface area contributed by atoms with E-state index in [4.69, 9.17) is 26.4 Å². The van der Waals surface area contributed by atoms with Gasteiger partial charge in [-0.25, -0.2) is 0 Å². The van der Waals surface area contributed by atoms with Crippen LogP contribution >= 0.6 is 12.2 Å². The number of ether oxygens (including phenoxy) is 3. The van der Waals surface area contributed by atoms with Gasteiger partial charge in [0.25, 0.3) is 5.91 Å². The Bertz CT molecular complexity index is 874. The third kappa shape index (κ3) is 6.59. The zero-order valence-electron chi connectivity index (χ0n) is 18.9. The van der Waals surface area contributed by atoms with Crippen molar-refractivity contribution in [2.45, 2.75) is 47.0 Å². The summed E-state index contributed by atoms with van der Waals surface area (Å²) < 4.78 is 17.1. The molecule has 168 valence electrons. The van der Waals surface area contributed by atoms with E-state index >= 15 is 0 Å². The van der Waals surface area contributed by atoms with Gasteiger partial charge in [-0.1, -0.05) is 32.0 Å². The van der Waals surface area contributed by atoms with Crippen molar-refractivity contribution in [1.29, 1.82) is 0 Å². The molecule has 0 saturated carbocycles. The Morgan fingerprint density at radius 1 is 0.968 bits per heavy atom. The molecule has 7 heteroatoms.